The zero-order chi connectivity index (χ0) is 28.4. The molecule has 0 amide bonds. The molecule has 0 aromatic rings. The minimum atomic E-state index is -1.42. The summed E-state index contributed by atoms with van der Waals surface area (Å²) >= 11 is 0. The summed E-state index contributed by atoms with van der Waals surface area (Å²) in [5.74, 6) is -1.86. The molecule has 0 radical (unpaired) electrons. The highest BCUT2D eigenvalue weighted by Crippen LogP contribution is 2.72. The van der Waals surface area contributed by atoms with Gasteiger partial charge in [0.15, 0.2) is 12.1 Å². The van der Waals surface area contributed by atoms with Gasteiger partial charge in [-0.05, 0) is 62.9 Å². The number of fused-ring (bicyclic) bond motifs is 2. The van der Waals surface area contributed by atoms with E-state index < -0.39 is 59.5 Å². The number of aliphatic hydroxyl groups excluding tert-OH is 2. The Hall–Kier alpha value is -1.40. The molecule has 0 unspecified atom stereocenters. The highest BCUT2D eigenvalue weighted by atomic mass is 16.7. The van der Waals surface area contributed by atoms with Crippen molar-refractivity contribution in [1.82, 2.24) is 0 Å². The van der Waals surface area contributed by atoms with Crippen molar-refractivity contribution in [3.63, 3.8) is 0 Å². The van der Waals surface area contributed by atoms with Gasteiger partial charge < -0.3 is 39.0 Å². The fraction of sp³-hybridized carbons (Fsp3) is 0.867. The van der Waals surface area contributed by atoms with Crippen LogP contribution in [-0.2, 0) is 33.3 Å². The summed E-state index contributed by atoms with van der Waals surface area (Å²) in [6, 6.07) is 0. The smallest absolute Gasteiger partial charge is 0.331 e. The molecule has 4 saturated carbocycles. The van der Waals surface area contributed by atoms with Crippen molar-refractivity contribution in [3.05, 3.63) is 11.6 Å². The van der Waals surface area contributed by atoms with E-state index in [1.54, 1.807) is 14.0 Å². The molecule has 7 rings (SSSR count). The van der Waals surface area contributed by atoms with Gasteiger partial charge in [0.05, 0.1) is 35.9 Å². The van der Waals surface area contributed by atoms with Crippen molar-refractivity contribution in [2.75, 3.05) is 13.7 Å². The molecular weight excluding hydrogens is 520 g/mol. The Morgan fingerprint density at radius 2 is 1.82 bits per heavy atom. The van der Waals surface area contributed by atoms with Crippen LogP contribution in [0.25, 0.3) is 0 Å². The zero-order valence-corrected chi connectivity index (χ0v) is 23.7. The van der Waals surface area contributed by atoms with Crippen LogP contribution in [0, 0.1) is 34.5 Å². The molecule has 6 fully saturated rings. The summed E-state index contributed by atoms with van der Waals surface area (Å²) in [5.41, 5.74) is -2.34. The van der Waals surface area contributed by atoms with Gasteiger partial charge in [0.25, 0.3) is 0 Å². The summed E-state index contributed by atoms with van der Waals surface area (Å²) in [4.78, 5) is 26.0. The second-order valence-electron chi connectivity index (χ2n) is 13.9. The van der Waals surface area contributed by atoms with Gasteiger partial charge in [-0.3, -0.25) is 4.79 Å². The standard InChI is InChI=1S/C30H42O10/c1-13-25(32)19(36-4)11-22(38-13)39-16-5-6-28(2)15(8-16)9-18-23-24(28)26(33)27(34)29(3)17(14-7-21(31)37-12-14)10-20(40-18)30(23,29)35/h7,13,15-20,22-26,32-33,35H,5-6,8-12H2,1-4H3/t13-,15-,16+,17+,18+,19+,20-,22-,23+,24+,25-,26-,28-,29-,30+/m0/s1. The Morgan fingerprint density at radius 3 is 2.52 bits per heavy atom. The van der Waals surface area contributed by atoms with Crippen molar-refractivity contribution < 1.29 is 48.6 Å². The first-order valence-electron chi connectivity index (χ1n) is 14.9. The van der Waals surface area contributed by atoms with E-state index in [4.69, 9.17) is 23.7 Å². The molecule has 0 bridgehead atoms. The quantitative estimate of drug-likeness (QED) is 0.339. The summed E-state index contributed by atoms with van der Waals surface area (Å²) in [6.07, 6.45) is 1.23. The maximum atomic E-state index is 14.2. The number of hydrogen-bond donors (Lipinski definition) is 3. The lowest BCUT2D eigenvalue weighted by atomic mass is 9.42. The van der Waals surface area contributed by atoms with Gasteiger partial charge in [0, 0.05) is 37.4 Å². The van der Waals surface area contributed by atoms with Crippen molar-refractivity contribution >= 4 is 11.8 Å². The Balaban J connectivity index is 1.15. The van der Waals surface area contributed by atoms with Crippen molar-refractivity contribution in [2.24, 2.45) is 34.5 Å². The van der Waals surface area contributed by atoms with Crippen LogP contribution in [0.2, 0.25) is 0 Å². The lowest BCUT2D eigenvalue weighted by Crippen LogP contribution is -2.72. The van der Waals surface area contributed by atoms with E-state index in [0.29, 0.717) is 18.4 Å². The third-order valence-corrected chi connectivity index (χ3v) is 12.4. The van der Waals surface area contributed by atoms with Crippen LogP contribution in [0.1, 0.15) is 59.3 Å². The number of esters is 1. The maximum Gasteiger partial charge on any atom is 0.331 e. The van der Waals surface area contributed by atoms with Crippen LogP contribution in [0.15, 0.2) is 11.6 Å². The molecule has 10 nitrogen and oxygen atoms in total. The number of carbonyl (C=O) groups excluding carboxylic acids is 2. The number of cyclic esters (lactones) is 1. The van der Waals surface area contributed by atoms with Crippen LogP contribution < -0.4 is 0 Å². The first kappa shape index (κ1) is 27.4. The number of Topliss-reactive ketones (excluding diaryl/α,β-unsaturated/α-hetero) is 1. The topological polar surface area (TPSA) is 141 Å². The van der Waals surface area contributed by atoms with E-state index >= 15 is 0 Å². The number of ether oxygens (including phenoxy) is 5. The lowest BCUT2D eigenvalue weighted by Gasteiger charge is -2.63. The van der Waals surface area contributed by atoms with E-state index in [-0.39, 0.29) is 48.0 Å². The normalized spacial score (nSPS) is 56.9. The molecule has 0 aromatic carbocycles. The molecule has 222 valence electrons. The Labute approximate surface area is 234 Å². The molecule has 0 aromatic heterocycles. The van der Waals surface area contributed by atoms with Gasteiger partial charge in [0.1, 0.15) is 24.4 Å². The van der Waals surface area contributed by atoms with Crippen molar-refractivity contribution in [2.45, 2.75) is 114 Å². The molecule has 40 heavy (non-hydrogen) atoms. The van der Waals surface area contributed by atoms with Crippen molar-refractivity contribution in [3.8, 4) is 0 Å². The summed E-state index contributed by atoms with van der Waals surface area (Å²) in [6.45, 7) is 5.86. The van der Waals surface area contributed by atoms with Crippen LogP contribution in [0.4, 0.5) is 0 Å². The largest absolute Gasteiger partial charge is 0.458 e. The number of carbonyl (C=O) groups is 2. The number of hydrogen-bond acceptors (Lipinski definition) is 10. The van der Waals surface area contributed by atoms with Gasteiger partial charge in [-0.2, -0.15) is 0 Å². The van der Waals surface area contributed by atoms with Gasteiger partial charge in [-0.25, -0.2) is 4.79 Å². The van der Waals surface area contributed by atoms with Gasteiger partial charge >= 0.3 is 5.97 Å². The second kappa shape index (κ2) is 9.05. The molecule has 3 heterocycles. The average Bonchev–Trinajstić information content (AvgIpc) is 3.53. The van der Waals surface area contributed by atoms with E-state index in [0.717, 1.165) is 25.7 Å². The summed E-state index contributed by atoms with van der Waals surface area (Å²) < 4.78 is 29.6. The van der Waals surface area contributed by atoms with E-state index in [1.807, 2.05) is 6.92 Å². The number of ketones is 1. The first-order valence-corrected chi connectivity index (χ1v) is 14.9. The molecule has 10 heteroatoms. The predicted octanol–water partition coefficient (Wildman–Crippen LogP) is 1.28. The fourth-order valence-corrected chi connectivity index (χ4v) is 10.3. The van der Waals surface area contributed by atoms with Crippen LogP contribution in [0.3, 0.4) is 0 Å². The highest BCUT2D eigenvalue weighted by Gasteiger charge is 2.81. The van der Waals surface area contributed by atoms with E-state index in [2.05, 4.69) is 6.92 Å². The SMILES string of the molecule is CO[C@@H]1C[C@H](O[C@@H]2CC[C@@]3(C)[C@@H](C2)C[C@H]2O[C@H]4C[C@H](C5=CC(=O)OC5)[C@@]5(C)C(=O)[C@@H](O)[C@H]3[C@@H]2[C@]45O)O[C@@H](C)[C@@H]1O. The second-order valence-corrected chi connectivity index (χ2v) is 13.9. The first-order chi connectivity index (χ1) is 18.9. The van der Waals surface area contributed by atoms with Crippen LogP contribution >= 0.6 is 0 Å². The third kappa shape index (κ3) is 3.41. The van der Waals surface area contributed by atoms with E-state index in [1.165, 1.54) is 6.08 Å². The molecule has 7 aliphatic rings. The lowest BCUT2D eigenvalue weighted by molar-refractivity contribution is -0.274. The molecule has 4 aliphatic carbocycles. The average molecular weight is 563 g/mol. The highest BCUT2D eigenvalue weighted by molar-refractivity contribution is 5.94. The summed E-state index contributed by atoms with van der Waals surface area (Å²) in [5, 5.41) is 34.6. The van der Waals surface area contributed by atoms with E-state index in [9.17, 15) is 24.9 Å². The Kier molecular flexibility index (Phi) is 6.21. The third-order valence-electron chi connectivity index (χ3n) is 12.4. The molecule has 3 aliphatic heterocycles. The zero-order valence-electron chi connectivity index (χ0n) is 23.7. The molecule has 2 saturated heterocycles. The molecular formula is C30H42O10. The Bertz CT molecular complexity index is 1120. The van der Waals surface area contributed by atoms with Gasteiger partial charge in [-0.1, -0.05) is 6.92 Å². The monoisotopic (exact) mass is 562 g/mol. The molecule has 3 N–H and O–H groups in total. The molecule has 0 spiro atoms. The van der Waals surface area contributed by atoms with Crippen molar-refractivity contribution in [1.29, 1.82) is 0 Å². The minimum Gasteiger partial charge on any atom is -0.458 e. The maximum absolute atomic E-state index is 14.2. The van der Waals surface area contributed by atoms with Crippen LogP contribution in [-0.4, -0.2) is 95.4 Å². The predicted molar refractivity (Wildman–Crippen MR) is 138 cm³/mol. The fourth-order valence-electron chi connectivity index (χ4n) is 10.3. The van der Waals surface area contributed by atoms with Gasteiger partial charge in [0.2, 0.25) is 0 Å². The number of methoxy groups -OCH3 is 1. The number of aliphatic hydroxyl groups is 3. The van der Waals surface area contributed by atoms with Crippen LogP contribution in [0.5, 0.6) is 0 Å². The minimum absolute atomic E-state index is 0.0681. The van der Waals surface area contributed by atoms with Gasteiger partial charge in [-0.15, -0.1) is 0 Å². The Morgan fingerprint density at radius 1 is 1.05 bits per heavy atom. The summed E-state index contributed by atoms with van der Waals surface area (Å²) in [7, 11) is 1.58. The number of rotatable bonds is 4. The molecule has 15 atom stereocenters.